The molecule has 1 saturated carbocycles. The van der Waals surface area contributed by atoms with Crippen molar-refractivity contribution < 1.29 is 13.2 Å². The molecule has 1 nitrogen and oxygen atoms in total. The van der Waals surface area contributed by atoms with Crippen LogP contribution < -0.4 is 5.32 Å². The van der Waals surface area contributed by atoms with E-state index < -0.39 is 12.1 Å². The van der Waals surface area contributed by atoms with Gasteiger partial charge in [0.1, 0.15) is 0 Å². The molecule has 0 aromatic heterocycles. The van der Waals surface area contributed by atoms with Gasteiger partial charge in [-0.15, -0.1) is 0 Å². The molecule has 1 aromatic rings. The Labute approximate surface area is 132 Å². The monoisotopic (exact) mass is 363 g/mol. The summed E-state index contributed by atoms with van der Waals surface area (Å²) in [4.78, 5) is 0. The lowest BCUT2D eigenvalue weighted by molar-refractivity contribution is -0.183. The molecule has 118 valence electrons. The molecule has 3 unspecified atom stereocenters. The summed E-state index contributed by atoms with van der Waals surface area (Å²) in [5, 5.41) is 3.43. The molecule has 0 aliphatic heterocycles. The third-order valence-corrected chi connectivity index (χ3v) is 4.73. The maximum atomic E-state index is 12.9. The van der Waals surface area contributed by atoms with Gasteiger partial charge in [-0.25, -0.2) is 0 Å². The second kappa shape index (κ2) is 7.14. The number of benzene rings is 1. The normalized spacial score (nSPS) is 24.8. The molecule has 3 atom stereocenters. The quantitative estimate of drug-likeness (QED) is 0.732. The molecule has 0 spiro atoms. The van der Waals surface area contributed by atoms with Crippen LogP contribution in [0.25, 0.3) is 0 Å². The van der Waals surface area contributed by atoms with Gasteiger partial charge < -0.3 is 5.32 Å². The summed E-state index contributed by atoms with van der Waals surface area (Å²) in [6, 6.07) is 8.04. The highest BCUT2D eigenvalue weighted by atomic mass is 79.9. The Balaban J connectivity index is 2.01. The largest absolute Gasteiger partial charge is 0.391 e. The number of halogens is 4. The van der Waals surface area contributed by atoms with E-state index in [0.29, 0.717) is 6.42 Å². The molecular weight excluding hydrogens is 343 g/mol. The smallest absolute Gasteiger partial charge is 0.307 e. The van der Waals surface area contributed by atoms with Crippen LogP contribution in [0.4, 0.5) is 13.2 Å². The highest BCUT2D eigenvalue weighted by Gasteiger charge is 2.42. The van der Waals surface area contributed by atoms with E-state index in [9.17, 15) is 13.2 Å². The van der Waals surface area contributed by atoms with Crippen LogP contribution in [0.5, 0.6) is 0 Å². The summed E-state index contributed by atoms with van der Waals surface area (Å²) >= 11 is 3.44. The predicted molar refractivity (Wildman–Crippen MR) is 82.1 cm³/mol. The molecule has 2 rings (SSSR count). The lowest BCUT2D eigenvalue weighted by Crippen LogP contribution is -2.40. The van der Waals surface area contributed by atoms with Gasteiger partial charge in [0.15, 0.2) is 0 Å². The van der Waals surface area contributed by atoms with Crippen molar-refractivity contribution >= 4 is 15.9 Å². The van der Waals surface area contributed by atoms with Gasteiger partial charge in [-0.3, -0.25) is 0 Å². The fourth-order valence-electron chi connectivity index (χ4n) is 3.10. The molecule has 1 aromatic carbocycles. The van der Waals surface area contributed by atoms with Crippen LogP contribution in [-0.2, 0) is 0 Å². The first kappa shape index (κ1) is 16.8. The third kappa shape index (κ3) is 4.71. The van der Waals surface area contributed by atoms with Crippen LogP contribution in [0.2, 0.25) is 0 Å². The van der Waals surface area contributed by atoms with Crippen molar-refractivity contribution in [3.63, 3.8) is 0 Å². The standard InChI is InChI=1S/C16H21BrF3N/c1-2-15(11-5-3-7-13(17)9-11)21-14-8-4-6-12(10-14)16(18,19)20/h3,5,7,9,12,14-15,21H,2,4,6,8,10H2,1H3. The number of rotatable bonds is 4. The Kier molecular flexibility index (Phi) is 5.72. The molecule has 0 saturated heterocycles. The van der Waals surface area contributed by atoms with E-state index in [2.05, 4.69) is 28.2 Å². The van der Waals surface area contributed by atoms with E-state index >= 15 is 0 Å². The van der Waals surface area contributed by atoms with E-state index in [-0.39, 0.29) is 24.9 Å². The van der Waals surface area contributed by atoms with Crippen molar-refractivity contribution in [2.24, 2.45) is 5.92 Å². The Morgan fingerprint density at radius 2 is 2.10 bits per heavy atom. The third-order valence-electron chi connectivity index (χ3n) is 4.23. The molecule has 1 aliphatic carbocycles. The van der Waals surface area contributed by atoms with Crippen molar-refractivity contribution in [1.82, 2.24) is 5.32 Å². The first-order chi connectivity index (χ1) is 9.90. The minimum Gasteiger partial charge on any atom is -0.307 e. The van der Waals surface area contributed by atoms with Gasteiger partial charge in [0.05, 0.1) is 5.92 Å². The minimum atomic E-state index is -4.06. The van der Waals surface area contributed by atoms with Crippen molar-refractivity contribution in [3.8, 4) is 0 Å². The van der Waals surface area contributed by atoms with Crippen molar-refractivity contribution in [2.75, 3.05) is 0 Å². The number of hydrogen-bond acceptors (Lipinski definition) is 1. The predicted octanol–water partition coefficient (Wildman–Crippen LogP) is 5.61. The Morgan fingerprint density at radius 3 is 2.71 bits per heavy atom. The fourth-order valence-corrected chi connectivity index (χ4v) is 3.51. The lowest BCUT2D eigenvalue weighted by atomic mass is 9.84. The number of alkyl halides is 3. The molecule has 1 N–H and O–H groups in total. The number of nitrogens with one attached hydrogen (secondary N) is 1. The summed E-state index contributed by atoms with van der Waals surface area (Å²) in [5.74, 6) is -1.15. The second-order valence-corrected chi connectivity index (χ2v) is 6.70. The zero-order chi connectivity index (χ0) is 15.5. The van der Waals surface area contributed by atoms with Crippen LogP contribution >= 0.6 is 15.9 Å². The zero-order valence-corrected chi connectivity index (χ0v) is 13.7. The van der Waals surface area contributed by atoms with Crippen LogP contribution in [0.1, 0.15) is 50.6 Å². The fraction of sp³-hybridized carbons (Fsp3) is 0.625. The van der Waals surface area contributed by atoms with Crippen LogP contribution in [-0.4, -0.2) is 12.2 Å². The summed E-state index contributed by atoms with van der Waals surface area (Å²) in [7, 11) is 0. The average molecular weight is 364 g/mol. The summed E-state index contributed by atoms with van der Waals surface area (Å²) in [5.41, 5.74) is 1.13. The minimum absolute atomic E-state index is 0.0469. The Bertz CT molecular complexity index is 461. The zero-order valence-electron chi connectivity index (χ0n) is 12.1. The van der Waals surface area contributed by atoms with Crippen LogP contribution in [0, 0.1) is 5.92 Å². The molecule has 0 heterocycles. The van der Waals surface area contributed by atoms with Crippen molar-refractivity contribution in [1.29, 1.82) is 0 Å². The first-order valence-electron chi connectivity index (χ1n) is 7.48. The number of hydrogen-bond donors (Lipinski definition) is 1. The molecular formula is C16H21BrF3N. The molecule has 21 heavy (non-hydrogen) atoms. The van der Waals surface area contributed by atoms with E-state index in [1.807, 2.05) is 24.3 Å². The molecule has 0 radical (unpaired) electrons. The van der Waals surface area contributed by atoms with E-state index in [4.69, 9.17) is 0 Å². The Hall–Kier alpha value is -0.550. The maximum Gasteiger partial charge on any atom is 0.391 e. The van der Waals surface area contributed by atoms with E-state index in [0.717, 1.165) is 22.9 Å². The summed E-state index contributed by atoms with van der Waals surface area (Å²) in [6.45, 7) is 2.06. The Morgan fingerprint density at radius 1 is 1.33 bits per heavy atom. The highest BCUT2D eigenvalue weighted by molar-refractivity contribution is 9.10. The van der Waals surface area contributed by atoms with Crippen LogP contribution in [0.3, 0.4) is 0 Å². The molecule has 1 aliphatic rings. The SMILES string of the molecule is CCC(NC1CCCC(C(F)(F)F)C1)c1cccc(Br)c1. The van der Waals surface area contributed by atoms with E-state index in [1.165, 1.54) is 0 Å². The molecule has 0 bridgehead atoms. The van der Waals surface area contributed by atoms with Gasteiger partial charge in [-0.1, -0.05) is 41.4 Å². The molecule has 0 amide bonds. The van der Waals surface area contributed by atoms with Crippen molar-refractivity contribution in [3.05, 3.63) is 34.3 Å². The van der Waals surface area contributed by atoms with E-state index in [1.54, 1.807) is 0 Å². The summed E-state index contributed by atoms with van der Waals surface area (Å²) in [6.07, 6.45) is -1.24. The van der Waals surface area contributed by atoms with Gasteiger partial charge in [-0.05, 0) is 43.4 Å². The lowest BCUT2D eigenvalue weighted by Gasteiger charge is -2.33. The maximum absolute atomic E-state index is 12.9. The molecule has 5 heteroatoms. The topological polar surface area (TPSA) is 12.0 Å². The highest BCUT2D eigenvalue weighted by Crippen LogP contribution is 2.38. The van der Waals surface area contributed by atoms with Gasteiger partial charge in [0.2, 0.25) is 0 Å². The van der Waals surface area contributed by atoms with Gasteiger partial charge in [0.25, 0.3) is 0 Å². The second-order valence-electron chi connectivity index (χ2n) is 5.78. The van der Waals surface area contributed by atoms with Gasteiger partial charge in [0, 0.05) is 16.6 Å². The molecule has 1 fully saturated rings. The van der Waals surface area contributed by atoms with Crippen LogP contribution in [0.15, 0.2) is 28.7 Å². The van der Waals surface area contributed by atoms with Gasteiger partial charge in [-0.2, -0.15) is 13.2 Å². The van der Waals surface area contributed by atoms with Gasteiger partial charge >= 0.3 is 6.18 Å². The summed E-state index contributed by atoms with van der Waals surface area (Å²) < 4.78 is 39.6. The first-order valence-corrected chi connectivity index (χ1v) is 8.27. The average Bonchev–Trinajstić information content (AvgIpc) is 2.44. The van der Waals surface area contributed by atoms with Crippen molar-refractivity contribution in [2.45, 2.75) is 57.3 Å².